The fraction of sp³-hybridized carbons (Fsp3) is 0.903. The number of carbonyl (C=O) groups is 1. The second-order valence-corrected chi connectivity index (χ2v) is 12.6. The van der Waals surface area contributed by atoms with E-state index >= 15 is 0 Å². The molecule has 7 heteroatoms. The average molecular weight is 560 g/mol. The molecule has 226 valence electrons. The summed E-state index contributed by atoms with van der Waals surface area (Å²) >= 11 is 0. The summed E-state index contributed by atoms with van der Waals surface area (Å²) in [6, 6.07) is -0.965. The molecule has 0 aromatic heterocycles. The Morgan fingerprint density at radius 2 is 1.11 bits per heavy atom. The van der Waals surface area contributed by atoms with Gasteiger partial charge in [-0.1, -0.05) is 129 Å². The van der Waals surface area contributed by atoms with Gasteiger partial charge in [0.15, 0.2) is 0 Å². The maximum atomic E-state index is 12.3. The first-order chi connectivity index (χ1) is 18.3. The van der Waals surface area contributed by atoms with Crippen molar-refractivity contribution in [1.29, 1.82) is 0 Å². The number of allylic oxidation sites excluding steroid dienone is 2. The molecule has 0 aliphatic heterocycles. The van der Waals surface area contributed by atoms with Crippen molar-refractivity contribution >= 4 is 16.0 Å². The third kappa shape index (κ3) is 26.7. The lowest BCUT2D eigenvalue weighted by atomic mass is 10.0. The van der Waals surface area contributed by atoms with E-state index in [1.54, 1.807) is 0 Å². The van der Waals surface area contributed by atoms with E-state index in [2.05, 4.69) is 31.3 Å². The fourth-order valence-corrected chi connectivity index (χ4v) is 5.56. The van der Waals surface area contributed by atoms with Crippen LogP contribution in [-0.4, -0.2) is 41.9 Å². The van der Waals surface area contributed by atoms with Gasteiger partial charge < -0.3 is 10.4 Å². The molecular formula is C31H61NO5S. The summed E-state index contributed by atoms with van der Waals surface area (Å²) in [6.45, 7) is 4.39. The topological polar surface area (TPSA) is 104 Å². The summed E-state index contributed by atoms with van der Waals surface area (Å²) in [7, 11) is -4.29. The van der Waals surface area contributed by atoms with Crippen LogP contribution in [0, 0.1) is 0 Å². The van der Waals surface area contributed by atoms with E-state index in [1.807, 2.05) is 0 Å². The Labute approximate surface area is 235 Å². The van der Waals surface area contributed by atoms with Crippen molar-refractivity contribution in [2.24, 2.45) is 0 Å². The second kappa shape index (κ2) is 26.3. The Hall–Kier alpha value is -0.920. The van der Waals surface area contributed by atoms with E-state index in [0.717, 1.165) is 51.4 Å². The minimum absolute atomic E-state index is 0.257. The standard InChI is InChI=1S/C31H61NO5S/c1-3-5-7-9-10-11-12-13-14-15-16-17-18-19-20-21-23-25-27-31(34)32-29(28-38(35,36)37)30(33)26-24-22-8-6-4-2/h14-15,29-30,33H,3-13,16-28H2,1-2H3,(H,32,34)(H,35,36,37)/b15-14-. The summed E-state index contributed by atoms with van der Waals surface area (Å²) in [6.07, 6.45) is 29.2. The van der Waals surface area contributed by atoms with E-state index in [9.17, 15) is 22.9 Å². The summed E-state index contributed by atoms with van der Waals surface area (Å²) in [4.78, 5) is 12.3. The van der Waals surface area contributed by atoms with Gasteiger partial charge in [-0.2, -0.15) is 8.42 Å². The molecule has 0 radical (unpaired) electrons. The van der Waals surface area contributed by atoms with Gasteiger partial charge in [-0.3, -0.25) is 9.35 Å². The zero-order valence-electron chi connectivity index (χ0n) is 24.8. The molecule has 0 aromatic carbocycles. The SMILES string of the molecule is CCCCCCCCC/C=C\CCCCCCCCCC(=O)NC(CS(=O)(=O)O)C(O)CCCCCCC. The molecule has 0 saturated heterocycles. The van der Waals surface area contributed by atoms with E-state index < -0.39 is 28.0 Å². The molecule has 0 spiro atoms. The molecule has 3 N–H and O–H groups in total. The highest BCUT2D eigenvalue weighted by molar-refractivity contribution is 7.85. The molecule has 38 heavy (non-hydrogen) atoms. The van der Waals surface area contributed by atoms with Crippen LogP contribution in [0.4, 0.5) is 0 Å². The van der Waals surface area contributed by atoms with Crippen molar-refractivity contribution in [1.82, 2.24) is 5.32 Å². The first-order valence-electron chi connectivity index (χ1n) is 15.9. The molecule has 0 rings (SSSR count). The van der Waals surface area contributed by atoms with Gasteiger partial charge >= 0.3 is 0 Å². The average Bonchev–Trinajstić information content (AvgIpc) is 2.86. The smallest absolute Gasteiger partial charge is 0.266 e. The van der Waals surface area contributed by atoms with Crippen molar-refractivity contribution in [3.8, 4) is 0 Å². The molecule has 0 heterocycles. The molecule has 0 saturated carbocycles. The van der Waals surface area contributed by atoms with Gasteiger partial charge in [0.05, 0.1) is 17.9 Å². The number of rotatable bonds is 28. The van der Waals surface area contributed by atoms with Crippen molar-refractivity contribution < 1.29 is 22.9 Å². The first-order valence-corrected chi connectivity index (χ1v) is 17.5. The third-order valence-electron chi connectivity index (χ3n) is 7.22. The van der Waals surface area contributed by atoms with E-state index in [4.69, 9.17) is 0 Å². The van der Waals surface area contributed by atoms with Crippen LogP contribution in [0.25, 0.3) is 0 Å². The molecule has 0 aromatic rings. The number of aliphatic hydroxyl groups is 1. The first kappa shape index (κ1) is 37.1. The molecule has 0 bridgehead atoms. The molecule has 2 unspecified atom stereocenters. The molecule has 2 atom stereocenters. The highest BCUT2D eigenvalue weighted by Crippen LogP contribution is 2.13. The molecular weight excluding hydrogens is 498 g/mol. The van der Waals surface area contributed by atoms with Crippen LogP contribution in [0.1, 0.15) is 162 Å². The Morgan fingerprint density at radius 3 is 1.58 bits per heavy atom. The maximum Gasteiger partial charge on any atom is 0.266 e. The summed E-state index contributed by atoms with van der Waals surface area (Å²) in [5, 5.41) is 13.1. The van der Waals surface area contributed by atoms with Crippen molar-refractivity contribution in [2.45, 2.75) is 174 Å². The zero-order chi connectivity index (χ0) is 28.3. The maximum absolute atomic E-state index is 12.3. The van der Waals surface area contributed by atoms with Crippen molar-refractivity contribution in [3.05, 3.63) is 12.2 Å². The second-order valence-electron chi connectivity index (χ2n) is 11.1. The highest BCUT2D eigenvalue weighted by atomic mass is 32.2. The van der Waals surface area contributed by atoms with Crippen molar-refractivity contribution in [3.63, 3.8) is 0 Å². The van der Waals surface area contributed by atoms with E-state index in [-0.39, 0.29) is 5.91 Å². The molecule has 6 nitrogen and oxygen atoms in total. The Kier molecular flexibility index (Phi) is 25.7. The lowest BCUT2D eigenvalue weighted by Crippen LogP contribution is -2.47. The summed E-state index contributed by atoms with van der Waals surface area (Å²) < 4.78 is 32.0. The number of hydrogen-bond acceptors (Lipinski definition) is 4. The lowest BCUT2D eigenvalue weighted by molar-refractivity contribution is -0.122. The van der Waals surface area contributed by atoms with E-state index in [1.165, 1.54) is 83.5 Å². The van der Waals surface area contributed by atoms with Crippen LogP contribution in [-0.2, 0) is 14.9 Å². The van der Waals surface area contributed by atoms with Crippen LogP contribution in [0.5, 0.6) is 0 Å². The van der Waals surface area contributed by atoms with Gasteiger partial charge in [0.1, 0.15) is 0 Å². The predicted octanol–water partition coefficient (Wildman–Crippen LogP) is 8.29. The van der Waals surface area contributed by atoms with Crippen LogP contribution in [0.2, 0.25) is 0 Å². The normalized spacial score (nSPS) is 13.7. The van der Waals surface area contributed by atoms with Gasteiger partial charge in [0.2, 0.25) is 5.91 Å². The number of aliphatic hydroxyl groups excluding tert-OH is 1. The predicted molar refractivity (Wildman–Crippen MR) is 161 cm³/mol. The van der Waals surface area contributed by atoms with Gasteiger partial charge in [-0.05, 0) is 38.5 Å². The summed E-state index contributed by atoms with van der Waals surface area (Å²) in [5.41, 5.74) is 0. The van der Waals surface area contributed by atoms with Crippen LogP contribution < -0.4 is 5.32 Å². The van der Waals surface area contributed by atoms with Gasteiger partial charge in [0.25, 0.3) is 10.1 Å². The number of nitrogens with one attached hydrogen (secondary N) is 1. The number of amides is 1. The lowest BCUT2D eigenvalue weighted by Gasteiger charge is -2.23. The quantitative estimate of drug-likeness (QED) is 0.0508. The Balaban J connectivity index is 3.81. The van der Waals surface area contributed by atoms with E-state index in [0.29, 0.717) is 12.8 Å². The van der Waals surface area contributed by atoms with Gasteiger partial charge in [-0.25, -0.2) is 0 Å². The van der Waals surface area contributed by atoms with Gasteiger partial charge in [0, 0.05) is 6.42 Å². The fourth-order valence-electron chi connectivity index (χ4n) is 4.80. The Morgan fingerprint density at radius 1 is 0.684 bits per heavy atom. The highest BCUT2D eigenvalue weighted by Gasteiger charge is 2.25. The largest absolute Gasteiger partial charge is 0.391 e. The van der Waals surface area contributed by atoms with Crippen LogP contribution in [0.15, 0.2) is 12.2 Å². The van der Waals surface area contributed by atoms with Crippen LogP contribution >= 0.6 is 0 Å². The third-order valence-corrected chi connectivity index (χ3v) is 8.00. The Bertz CT molecular complexity index is 665. The molecule has 0 fully saturated rings. The molecule has 0 aliphatic rings. The monoisotopic (exact) mass is 559 g/mol. The molecule has 1 amide bonds. The molecule has 0 aliphatic carbocycles. The number of hydrogen-bond donors (Lipinski definition) is 3. The number of carbonyl (C=O) groups excluding carboxylic acids is 1. The number of unbranched alkanes of at least 4 members (excludes halogenated alkanes) is 18. The van der Waals surface area contributed by atoms with Crippen molar-refractivity contribution in [2.75, 3.05) is 5.75 Å². The summed E-state index contributed by atoms with van der Waals surface area (Å²) in [5.74, 6) is -0.907. The van der Waals surface area contributed by atoms with Crippen LogP contribution in [0.3, 0.4) is 0 Å². The van der Waals surface area contributed by atoms with Gasteiger partial charge in [-0.15, -0.1) is 0 Å². The zero-order valence-corrected chi connectivity index (χ0v) is 25.6. The minimum atomic E-state index is -4.29. The minimum Gasteiger partial charge on any atom is -0.391 e.